The molecule has 0 aromatic heterocycles. The van der Waals surface area contributed by atoms with Gasteiger partial charge in [0.2, 0.25) is 0 Å². The largest absolute Gasteiger partial charge is 0.401 e. The summed E-state index contributed by atoms with van der Waals surface area (Å²) in [6.45, 7) is 5.38. The average molecular weight is 278 g/mol. The summed E-state index contributed by atoms with van der Waals surface area (Å²) in [6, 6.07) is 0.595. The second kappa shape index (κ2) is 6.00. The average Bonchev–Trinajstić information content (AvgIpc) is 2.33. The van der Waals surface area contributed by atoms with E-state index in [1.807, 2.05) is 0 Å². The maximum absolute atomic E-state index is 12.3. The Hall–Kier alpha value is -0.290. The summed E-state index contributed by atoms with van der Waals surface area (Å²) in [6.07, 6.45) is 0.307. The van der Waals surface area contributed by atoms with Crippen LogP contribution in [0.15, 0.2) is 0 Å². The zero-order chi connectivity index (χ0) is 14.0. The maximum Gasteiger partial charge on any atom is 0.401 e. The minimum Gasteiger partial charge on any atom is -0.305 e. The van der Waals surface area contributed by atoms with E-state index in [0.717, 1.165) is 25.9 Å². The van der Waals surface area contributed by atoms with Gasteiger partial charge in [-0.25, -0.2) is 0 Å². The van der Waals surface area contributed by atoms with Crippen LogP contribution in [0.5, 0.6) is 0 Å². The molecule has 1 saturated heterocycles. The molecule has 0 spiro atoms. The predicted octanol–water partition coefficient (Wildman–Crippen LogP) is 3.04. The van der Waals surface area contributed by atoms with Gasteiger partial charge in [-0.1, -0.05) is 20.3 Å². The predicted molar refractivity (Wildman–Crippen MR) is 70.0 cm³/mol. The third-order valence-corrected chi connectivity index (χ3v) is 4.78. The van der Waals surface area contributed by atoms with Crippen molar-refractivity contribution in [2.45, 2.75) is 57.8 Å². The van der Waals surface area contributed by atoms with Crippen LogP contribution in [-0.2, 0) is 0 Å². The van der Waals surface area contributed by atoms with Crippen molar-refractivity contribution in [3.8, 4) is 0 Å². The van der Waals surface area contributed by atoms with Crippen molar-refractivity contribution in [3.05, 3.63) is 0 Å². The highest BCUT2D eigenvalue weighted by atomic mass is 19.4. The second-order valence-corrected chi connectivity index (χ2v) is 6.28. The van der Waals surface area contributed by atoms with Gasteiger partial charge in [0.15, 0.2) is 0 Å². The molecular formula is C14H25F3N2. The number of hydrogen-bond donors (Lipinski definition) is 1. The van der Waals surface area contributed by atoms with Crippen molar-refractivity contribution in [1.82, 2.24) is 10.2 Å². The first-order chi connectivity index (χ1) is 8.89. The minimum absolute atomic E-state index is 0.00637. The first-order valence-electron chi connectivity index (χ1n) is 7.43. The van der Waals surface area contributed by atoms with Gasteiger partial charge in [0.1, 0.15) is 0 Å². The molecule has 1 heterocycles. The standard InChI is InChI=1S/C14H25F3N2/c1-3-11-6-12(18-9-14(15,16)17)8-19(7-11)13-5-4-10(13)2/h10-13,18H,3-9H2,1-2H3. The Balaban J connectivity index is 1.88. The lowest BCUT2D eigenvalue weighted by Crippen LogP contribution is -2.57. The van der Waals surface area contributed by atoms with E-state index >= 15 is 0 Å². The van der Waals surface area contributed by atoms with Crippen LogP contribution < -0.4 is 5.32 Å². The molecule has 2 fully saturated rings. The van der Waals surface area contributed by atoms with E-state index in [4.69, 9.17) is 0 Å². The Morgan fingerprint density at radius 1 is 1.21 bits per heavy atom. The normalized spacial score (nSPS) is 37.1. The van der Waals surface area contributed by atoms with Crippen LogP contribution in [0.1, 0.15) is 39.5 Å². The van der Waals surface area contributed by atoms with Gasteiger partial charge in [-0.3, -0.25) is 4.90 Å². The summed E-state index contributed by atoms with van der Waals surface area (Å²) in [5.74, 6) is 1.24. The molecule has 0 aromatic rings. The number of alkyl halides is 3. The van der Waals surface area contributed by atoms with E-state index in [1.165, 1.54) is 12.8 Å². The van der Waals surface area contributed by atoms with E-state index in [0.29, 0.717) is 17.9 Å². The maximum atomic E-state index is 12.3. The summed E-state index contributed by atoms with van der Waals surface area (Å²) in [7, 11) is 0. The van der Waals surface area contributed by atoms with Gasteiger partial charge >= 0.3 is 6.18 Å². The Labute approximate surface area is 113 Å². The molecule has 1 aliphatic heterocycles. The van der Waals surface area contributed by atoms with Crippen molar-refractivity contribution in [2.75, 3.05) is 19.6 Å². The van der Waals surface area contributed by atoms with Crippen LogP contribution in [-0.4, -0.2) is 42.8 Å². The number of hydrogen-bond acceptors (Lipinski definition) is 2. The van der Waals surface area contributed by atoms with Gasteiger partial charge in [0.05, 0.1) is 6.54 Å². The fraction of sp³-hybridized carbons (Fsp3) is 1.00. The molecule has 2 nitrogen and oxygen atoms in total. The SMILES string of the molecule is CCC1CC(NCC(F)(F)F)CN(C2CCC2C)C1. The van der Waals surface area contributed by atoms with Crippen LogP contribution in [0, 0.1) is 11.8 Å². The monoisotopic (exact) mass is 278 g/mol. The van der Waals surface area contributed by atoms with Crippen molar-refractivity contribution >= 4 is 0 Å². The van der Waals surface area contributed by atoms with E-state index in [-0.39, 0.29) is 6.04 Å². The molecule has 1 aliphatic carbocycles. The van der Waals surface area contributed by atoms with E-state index < -0.39 is 12.7 Å². The highest BCUT2D eigenvalue weighted by Gasteiger charge is 2.38. The Bertz CT molecular complexity index is 293. The molecule has 0 radical (unpaired) electrons. The van der Waals surface area contributed by atoms with Crippen LogP contribution in [0.25, 0.3) is 0 Å². The van der Waals surface area contributed by atoms with Crippen molar-refractivity contribution in [2.24, 2.45) is 11.8 Å². The molecule has 2 rings (SSSR count). The molecule has 0 bridgehead atoms. The molecule has 19 heavy (non-hydrogen) atoms. The first kappa shape index (κ1) is 15.1. The molecule has 1 N–H and O–H groups in total. The lowest BCUT2D eigenvalue weighted by atomic mass is 9.78. The van der Waals surface area contributed by atoms with Crippen LogP contribution in [0.2, 0.25) is 0 Å². The number of likely N-dealkylation sites (tertiary alicyclic amines) is 1. The molecule has 112 valence electrons. The molecule has 5 heteroatoms. The summed E-state index contributed by atoms with van der Waals surface area (Å²) in [4.78, 5) is 2.43. The van der Waals surface area contributed by atoms with E-state index in [9.17, 15) is 13.2 Å². The second-order valence-electron chi connectivity index (χ2n) is 6.28. The van der Waals surface area contributed by atoms with E-state index in [2.05, 4.69) is 24.1 Å². The van der Waals surface area contributed by atoms with Gasteiger partial charge in [0, 0.05) is 25.2 Å². The fourth-order valence-corrected chi connectivity index (χ4v) is 3.41. The van der Waals surface area contributed by atoms with Gasteiger partial charge < -0.3 is 5.32 Å². The Kier molecular flexibility index (Phi) is 4.77. The van der Waals surface area contributed by atoms with E-state index in [1.54, 1.807) is 0 Å². The summed E-state index contributed by atoms with van der Waals surface area (Å²) in [5, 5.41) is 2.71. The highest BCUT2D eigenvalue weighted by Crippen LogP contribution is 2.34. The molecule has 0 aromatic carbocycles. The van der Waals surface area contributed by atoms with Gasteiger partial charge in [-0.15, -0.1) is 0 Å². The third kappa shape index (κ3) is 4.09. The van der Waals surface area contributed by atoms with Gasteiger partial charge in [0.25, 0.3) is 0 Å². The van der Waals surface area contributed by atoms with Gasteiger partial charge in [-0.2, -0.15) is 13.2 Å². The summed E-state index contributed by atoms with van der Waals surface area (Å²) in [5.41, 5.74) is 0. The number of nitrogens with zero attached hydrogens (tertiary/aromatic N) is 1. The molecule has 0 amide bonds. The number of halogens is 3. The Morgan fingerprint density at radius 3 is 2.42 bits per heavy atom. The smallest absolute Gasteiger partial charge is 0.305 e. The zero-order valence-corrected chi connectivity index (χ0v) is 11.8. The van der Waals surface area contributed by atoms with Crippen LogP contribution >= 0.6 is 0 Å². The fourth-order valence-electron chi connectivity index (χ4n) is 3.41. The quantitative estimate of drug-likeness (QED) is 0.850. The number of rotatable bonds is 4. The topological polar surface area (TPSA) is 15.3 Å². The molecule has 1 saturated carbocycles. The van der Waals surface area contributed by atoms with Crippen molar-refractivity contribution in [3.63, 3.8) is 0 Å². The minimum atomic E-state index is -4.10. The first-order valence-corrected chi connectivity index (χ1v) is 7.43. The zero-order valence-electron chi connectivity index (χ0n) is 11.8. The highest BCUT2D eigenvalue weighted by molar-refractivity contribution is 4.92. The number of piperidine rings is 1. The van der Waals surface area contributed by atoms with Gasteiger partial charge in [-0.05, 0) is 31.1 Å². The summed E-state index contributed by atoms with van der Waals surface area (Å²) < 4.78 is 36.9. The molecule has 4 unspecified atom stereocenters. The molecular weight excluding hydrogens is 253 g/mol. The van der Waals surface area contributed by atoms with Crippen molar-refractivity contribution in [1.29, 1.82) is 0 Å². The Morgan fingerprint density at radius 2 is 1.95 bits per heavy atom. The van der Waals surface area contributed by atoms with Crippen LogP contribution in [0.4, 0.5) is 13.2 Å². The van der Waals surface area contributed by atoms with Crippen LogP contribution in [0.3, 0.4) is 0 Å². The van der Waals surface area contributed by atoms with Crippen molar-refractivity contribution < 1.29 is 13.2 Å². The molecule has 4 atom stereocenters. The lowest BCUT2D eigenvalue weighted by molar-refractivity contribution is -0.127. The third-order valence-electron chi connectivity index (χ3n) is 4.78. The summed E-state index contributed by atoms with van der Waals surface area (Å²) >= 11 is 0. The molecule has 2 aliphatic rings. The number of nitrogens with one attached hydrogen (secondary N) is 1. The lowest BCUT2D eigenvalue weighted by Gasteiger charge is -2.48.